The lowest BCUT2D eigenvalue weighted by atomic mass is 10.1. The van der Waals surface area contributed by atoms with Crippen molar-refractivity contribution in [1.82, 2.24) is 13.3 Å². The van der Waals surface area contributed by atoms with Crippen LogP contribution in [0.5, 0.6) is 5.75 Å². The monoisotopic (exact) mass is 382 g/mol. The molecule has 0 amide bonds. The molecule has 0 aliphatic carbocycles. The minimum absolute atomic E-state index is 0.0365. The Morgan fingerprint density at radius 2 is 2.00 bits per heavy atom. The molecule has 0 atom stereocenters. The number of nitrogens with zero attached hydrogens (tertiary/aromatic N) is 4. The van der Waals surface area contributed by atoms with E-state index in [0.29, 0.717) is 16.7 Å². The van der Waals surface area contributed by atoms with Gasteiger partial charge in [0.25, 0.3) is 0 Å². The number of fused-ring (bicyclic) bond motifs is 1. The fourth-order valence-electron chi connectivity index (χ4n) is 3.31. The molecule has 3 aromatic rings. The molecule has 0 radical (unpaired) electrons. The number of benzene rings is 1. The van der Waals surface area contributed by atoms with Gasteiger partial charge in [-0.05, 0) is 18.2 Å². The summed E-state index contributed by atoms with van der Waals surface area (Å²) in [5.41, 5.74) is 0.533. The molecule has 1 aliphatic rings. The maximum absolute atomic E-state index is 12.7. The average molecular weight is 382 g/mol. The predicted octanol–water partition coefficient (Wildman–Crippen LogP) is 4.10. The number of ether oxygens (including phenoxy) is 1. The van der Waals surface area contributed by atoms with Gasteiger partial charge in [0, 0.05) is 37.5 Å². The summed E-state index contributed by atoms with van der Waals surface area (Å²) in [6, 6.07) is 6.93. The van der Waals surface area contributed by atoms with E-state index in [4.69, 9.17) is 4.74 Å². The Morgan fingerprint density at radius 1 is 1.19 bits per heavy atom. The summed E-state index contributed by atoms with van der Waals surface area (Å²) in [6.45, 7) is 0.641. The summed E-state index contributed by atoms with van der Waals surface area (Å²) in [5, 5.41) is 0.711. The van der Waals surface area contributed by atoms with Gasteiger partial charge in [-0.3, -0.25) is 0 Å². The van der Waals surface area contributed by atoms with Gasteiger partial charge in [0.15, 0.2) is 5.82 Å². The molecule has 4 rings (SSSR count). The lowest BCUT2D eigenvalue weighted by molar-refractivity contribution is -0.139. The van der Waals surface area contributed by atoms with E-state index in [1.807, 2.05) is 6.07 Å². The summed E-state index contributed by atoms with van der Waals surface area (Å²) in [6.07, 6.45) is 0.669. The standard InChI is InChI=1S/C17H17F3N4OS/c18-17(19,20)11-24-9-6-13-14(24)2-1-3-15(13)25-12-4-7-23(8-5-12)16-10-21-26-22-16/h1-3,6,9-10,12H,4-5,7-8,11H2. The molecule has 1 aromatic carbocycles. The van der Waals surface area contributed by atoms with Crippen LogP contribution in [-0.4, -0.2) is 38.7 Å². The highest BCUT2D eigenvalue weighted by Crippen LogP contribution is 2.31. The van der Waals surface area contributed by atoms with E-state index in [-0.39, 0.29) is 6.10 Å². The van der Waals surface area contributed by atoms with E-state index in [1.54, 1.807) is 24.4 Å². The fraction of sp³-hybridized carbons (Fsp3) is 0.412. The minimum atomic E-state index is -4.25. The first kappa shape index (κ1) is 17.1. The van der Waals surface area contributed by atoms with Crippen molar-refractivity contribution in [3.05, 3.63) is 36.7 Å². The van der Waals surface area contributed by atoms with Crippen LogP contribution in [0.25, 0.3) is 10.9 Å². The molecule has 0 spiro atoms. The second kappa shape index (κ2) is 6.79. The quantitative estimate of drug-likeness (QED) is 0.681. The van der Waals surface area contributed by atoms with E-state index in [2.05, 4.69) is 13.6 Å². The third-order valence-corrected chi connectivity index (χ3v) is 5.00. The largest absolute Gasteiger partial charge is 0.490 e. The molecule has 26 heavy (non-hydrogen) atoms. The molecular formula is C17H17F3N4OS. The van der Waals surface area contributed by atoms with Crippen LogP contribution in [-0.2, 0) is 6.54 Å². The van der Waals surface area contributed by atoms with Gasteiger partial charge in [-0.2, -0.15) is 21.9 Å². The Balaban J connectivity index is 1.46. The minimum Gasteiger partial charge on any atom is -0.490 e. The van der Waals surface area contributed by atoms with E-state index < -0.39 is 12.7 Å². The molecule has 9 heteroatoms. The van der Waals surface area contributed by atoms with Crippen LogP contribution >= 0.6 is 11.7 Å². The average Bonchev–Trinajstić information content (AvgIpc) is 3.25. The van der Waals surface area contributed by atoms with Crippen LogP contribution in [0.3, 0.4) is 0 Å². The summed E-state index contributed by atoms with van der Waals surface area (Å²) < 4.78 is 53.7. The van der Waals surface area contributed by atoms with Gasteiger partial charge in [-0.15, -0.1) is 0 Å². The summed E-state index contributed by atoms with van der Waals surface area (Å²) >= 11 is 1.19. The van der Waals surface area contributed by atoms with Crippen LogP contribution in [0.1, 0.15) is 12.8 Å². The maximum atomic E-state index is 12.7. The van der Waals surface area contributed by atoms with Gasteiger partial charge in [-0.25, -0.2) is 0 Å². The lowest BCUT2D eigenvalue weighted by Crippen LogP contribution is -2.38. The number of piperidine rings is 1. The number of alkyl halides is 3. The van der Waals surface area contributed by atoms with Gasteiger partial charge in [0.05, 0.1) is 23.4 Å². The zero-order valence-electron chi connectivity index (χ0n) is 13.8. The summed E-state index contributed by atoms with van der Waals surface area (Å²) in [4.78, 5) is 2.17. The Morgan fingerprint density at radius 3 is 2.69 bits per heavy atom. The van der Waals surface area contributed by atoms with Crippen LogP contribution < -0.4 is 9.64 Å². The number of anilines is 1. The number of halogens is 3. The van der Waals surface area contributed by atoms with Crippen LogP contribution in [0, 0.1) is 0 Å². The fourth-order valence-corrected chi connectivity index (χ4v) is 3.75. The smallest absolute Gasteiger partial charge is 0.406 e. The van der Waals surface area contributed by atoms with Gasteiger partial charge >= 0.3 is 6.18 Å². The summed E-state index contributed by atoms with van der Waals surface area (Å²) in [7, 11) is 0. The Bertz CT molecular complexity index is 870. The van der Waals surface area contributed by atoms with Crippen molar-refractivity contribution in [2.45, 2.75) is 31.7 Å². The zero-order chi connectivity index (χ0) is 18.1. The molecule has 1 fully saturated rings. The normalized spacial score (nSPS) is 16.3. The molecular weight excluding hydrogens is 365 g/mol. The molecule has 1 saturated heterocycles. The van der Waals surface area contributed by atoms with Crippen LogP contribution in [0.4, 0.5) is 19.0 Å². The van der Waals surface area contributed by atoms with Crippen LogP contribution in [0.2, 0.25) is 0 Å². The molecule has 2 aromatic heterocycles. The Hall–Kier alpha value is -2.29. The number of hydrogen-bond donors (Lipinski definition) is 0. The molecule has 0 bridgehead atoms. The number of hydrogen-bond acceptors (Lipinski definition) is 5. The van der Waals surface area contributed by atoms with Crippen molar-refractivity contribution in [2.24, 2.45) is 0 Å². The van der Waals surface area contributed by atoms with E-state index >= 15 is 0 Å². The van der Waals surface area contributed by atoms with Crippen molar-refractivity contribution in [2.75, 3.05) is 18.0 Å². The maximum Gasteiger partial charge on any atom is 0.406 e. The van der Waals surface area contributed by atoms with E-state index in [0.717, 1.165) is 31.7 Å². The van der Waals surface area contributed by atoms with Crippen molar-refractivity contribution >= 4 is 28.4 Å². The number of aromatic nitrogens is 3. The van der Waals surface area contributed by atoms with Crippen molar-refractivity contribution in [3.8, 4) is 5.75 Å². The number of rotatable bonds is 4. The molecule has 138 valence electrons. The Kier molecular flexibility index (Phi) is 4.47. The van der Waals surface area contributed by atoms with Gasteiger partial charge in [0.2, 0.25) is 0 Å². The topological polar surface area (TPSA) is 43.2 Å². The highest BCUT2D eigenvalue weighted by Gasteiger charge is 2.29. The molecule has 3 heterocycles. The predicted molar refractivity (Wildman–Crippen MR) is 93.8 cm³/mol. The highest BCUT2D eigenvalue weighted by atomic mass is 32.1. The first-order chi connectivity index (χ1) is 12.5. The van der Waals surface area contributed by atoms with Crippen molar-refractivity contribution in [1.29, 1.82) is 0 Å². The van der Waals surface area contributed by atoms with E-state index in [1.165, 1.54) is 22.5 Å². The third-order valence-electron chi connectivity index (χ3n) is 4.53. The van der Waals surface area contributed by atoms with Crippen molar-refractivity contribution < 1.29 is 17.9 Å². The second-order valence-electron chi connectivity index (χ2n) is 6.32. The Labute approximate surface area is 152 Å². The SMILES string of the molecule is FC(F)(F)Cn1ccc2c(OC3CCN(c4cnsn4)CC3)cccc21. The molecule has 0 N–H and O–H groups in total. The lowest BCUT2D eigenvalue weighted by Gasteiger charge is -2.32. The second-order valence-corrected chi connectivity index (χ2v) is 6.87. The van der Waals surface area contributed by atoms with Gasteiger partial charge in [-0.1, -0.05) is 6.07 Å². The van der Waals surface area contributed by atoms with Crippen LogP contribution in [0.15, 0.2) is 36.7 Å². The molecule has 1 aliphatic heterocycles. The summed E-state index contributed by atoms with van der Waals surface area (Å²) in [5.74, 6) is 1.52. The van der Waals surface area contributed by atoms with Gasteiger partial charge in [0.1, 0.15) is 18.4 Å². The first-order valence-corrected chi connectivity index (χ1v) is 9.06. The molecule has 5 nitrogen and oxygen atoms in total. The zero-order valence-corrected chi connectivity index (χ0v) is 14.6. The van der Waals surface area contributed by atoms with E-state index in [9.17, 15) is 13.2 Å². The highest BCUT2D eigenvalue weighted by molar-refractivity contribution is 6.99. The first-order valence-electron chi connectivity index (χ1n) is 8.33. The molecule has 0 saturated carbocycles. The van der Waals surface area contributed by atoms with Crippen molar-refractivity contribution in [3.63, 3.8) is 0 Å². The van der Waals surface area contributed by atoms with Gasteiger partial charge < -0.3 is 14.2 Å². The third kappa shape index (κ3) is 3.62. The molecule has 0 unspecified atom stereocenters.